The van der Waals surface area contributed by atoms with Crippen LogP contribution in [0.3, 0.4) is 0 Å². The minimum absolute atomic E-state index is 0.0415. The Kier molecular flexibility index (Phi) is 6.91. The fourth-order valence-electron chi connectivity index (χ4n) is 2.46. The van der Waals surface area contributed by atoms with Gasteiger partial charge in [0.1, 0.15) is 24.6 Å². The zero-order valence-corrected chi connectivity index (χ0v) is 16.2. The Morgan fingerprint density at radius 1 is 0.833 bits per heavy atom. The van der Waals surface area contributed by atoms with E-state index in [0.29, 0.717) is 11.3 Å². The van der Waals surface area contributed by atoms with Crippen molar-refractivity contribution in [1.29, 1.82) is 0 Å². The molecule has 0 spiro atoms. The van der Waals surface area contributed by atoms with Crippen LogP contribution in [-0.4, -0.2) is 57.8 Å². The van der Waals surface area contributed by atoms with Crippen LogP contribution in [0.2, 0.25) is 0 Å². The fraction of sp³-hybridized carbons (Fsp3) is 0.238. The number of ketones is 1. The topological polar surface area (TPSA) is 147 Å². The van der Waals surface area contributed by atoms with Crippen molar-refractivity contribution < 1.29 is 44.0 Å². The SMILES string of the molecule is CC(C)(O)C(=O)c1ccc(OCCOC(=O)c2ccc(C(=O)O)cc2C(=O)O)cc1. The molecule has 2 rings (SSSR count). The van der Waals surface area contributed by atoms with Crippen molar-refractivity contribution in [3.05, 3.63) is 64.7 Å². The summed E-state index contributed by atoms with van der Waals surface area (Å²) in [5, 5.41) is 27.8. The van der Waals surface area contributed by atoms with Gasteiger partial charge in [0.05, 0.1) is 16.7 Å². The molecule has 0 bridgehead atoms. The Hall–Kier alpha value is -3.72. The van der Waals surface area contributed by atoms with Gasteiger partial charge in [-0.25, -0.2) is 14.4 Å². The Labute approximate surface area is 171 Å². The molecule has 0 aliphatic heterocycles. The lowest BCUT2D eigenvalue weighted by Crippen LogP contribution is -2.30. The maximum atomic E-state index is 12.1. The molecule has 158 valence electrons. The van der Waals surface area contributed by atoms with Gasteiger partial charge >= 0.3 is 17.9 Å². The third-order valence-corrected chi connectivity index (χ3v) is 3.97. The molecule has 0 heterocycles. The molecule has 0 unspecified atom stereocenters. The second-order valence-corrected chi connectivity index (χ2v) is 6.77. The molecule has 0 fully saturated rings. The van der Waals surface area contributed by atoms with Gasteiger partial charge in [-0.1, -0.05) is 0 Å². The number of hydrogen-bond donors (Lipinski definition) is 3. The molecule has 3 N–H and O–H groups in total. The van der Waals surface area contributed by atoms with Crippen LogP contribution < -0.4 is 4.74 Å². The van der Waals surface area contributed by atoms with Crippen molar-refractivity contribution in [2.24, 2.45) is 0 Å². The van der Waals surface area contributed by atoms with Crippen LogP contribution in [0, 0.1) is 0 Å². The van der Waals surface area contributed by atoms with Crippen LogP contribution in [0.15, 0.2) is 42.5 Å². The van der Waals surface area contributed by atoms with E-state index in [1.54, 1.807) is 0 Å². The van der Waals surface area contributed by atoms with E-state index < -0.39 is 34.9 Å². The number of carboxylic acids is 2. The van der Waals surface area contributed by atoms with E-state index in [2.05, 4.69) is 0 Å². The van der Waals surface area contributed by atoms with Gasteiger partial charge in [0.25, 0.3) is 0 Å². The molecule has 2 aromatic carbocycles. The molecule has 9 heteroatoms. The highest BCUT2D eigenvalue weighted by molar-refractivity contribution is 6.04. The largest absolute Gasteiger partial charge is 0.490 e. The number of Topliss-reactive ketones (excluding diaryl/α,β-unsaturated/α-hetero) is 1. The highest BCUT2D eigenvalue weighted by Crippen LogP contribution is 2.17. The van der Waals surface area contributed by atoms with E-state index in [4.69, 9.17) is 14.6 Å². The summed E-state index contributed by atoms with van der Waals surface area (Å²) < 4.78 is 10.4. The average molecular weight is 416 g/mol. The summed E-state index contributed by atoms with van der Waals surface area (Å²) in [6, 6.07) is 9.10. The van der Waals surface area contributed by atoms with Gasteiger partial charge < -0.3 is 24.8 Å². The number of carbonyl (C=O) groups is 4. The number of aliphatic hydroxyl groups is 1. The van der Waals surface area contributed by atoms with Gasteiger partial charge in [0.15, 0.2) is 5.78 Å². The minimum Gasteiger partial charge on any atom is -0.490 e. The van der Waals surface area contributed by atoms with Gasteiger partial charge in [-0.15, -0.1) is 0 Å². The molecule has 0 saturated heterocycles. The highest BCUT2D eigenvalue weighted by Gasteiger charge is 2.25. The molecule has 2 aromatic rings. The molecular weight excluding hydrogens is 396 g/mol. The second kappa shape index (κ2) is 9.19. The van der Waals surface area contributed by atoms with Crippen molar-refractivity contribution in [2.45, 2.75) is 19.4 Å². The summed E-state index contributed by atoms with van der Waals surface area (Å²) in [5.74, 6) is -3.75. The van der Waals surface area contributed by atoms with E-state index in [0.717, 1.165) is 18.2 Å². The number of carboxylic acid groups (broad SMARTS) is 2. The van der Waals surface area contributed by atoms with Gasteiger partial charge in [-0.3, -0.25) is 4.79 Å². The number of carbonyl (C=O) groups excluding carboxylic acids is 2. The normalized spacial score (nSPS) is 10.9. The van der Waals surface area contributed by atoms with Crippen molar-refractivity contribution in [1.82, 2.24) is 0 Å². The van der Waals surface area contributed by atoms with E-state index in [1.165, 1.54) is 38.1 Å². The van der Waals surface area contributed by atoms with Crippen LogP contribution in [-0.2, 0) is 4.74 Å². The third-order valence-electron chi connectivity index (χ3n) is 3.97. The van der Waals surface area contributed by atoms with Crippen LogP contribution in [0.25, 0.3) is 0 Å². The summed E-state index contributed by atoms with van der Waals surface area (Å²) in [5.41, 5.74) is -2.20. The lowest BCUT2D eigenvalue weighted by atomic mass is 9.97. The lowest BCUT2D eigenvalue weighted by molar-refractivity contribution is 0.0441. The number of hydrogen-bond acceptors (Lipinski definition) is 7. The molecule has 0 amide bonds. The summed E-state index contributed by atoms with van der Waals surface area (Å²) in [6.07, 6.45) is 0. The van der Waals surface area contributed by atoms with Gasteiger partial charge in [0.2, 0.25) is 0 Å². The van der Waals surface area contributed by atoms with Gasteiger partial charge in [-0.2, -0.15) is 0 Å². The van der Waals surface area contributed by atoms with E-state index in [1.807, 2.05) is 0 Å². The van der Waals surface area contributed by atoms with E-state index in [-0.39, 0.29) is 24.3 Å². The second-order valence-electron chi connectivity index (χ2n) is 6.77. The Bertz CT molecular complexity index is 969. The first-order valence-corrected chi connectivity index (χ1v) is 8.78. The van der Waals surface area contributed by atoms with Crippen LogP contribution in [0.1, 0.15) is 55.3 Å². The van der Waals surface area contributed by atoms with Crippen LogP contribution in [0.5, 0.6) is 5.75 Å². The third kappa shape index (κ3) is 5.65. The van der Waals surface area contributed by atoms with Crippen molar-refractivity contribution >= 4 is 23.7 Å². The molecule has 0 atom stereocenters. The first-order chi connectivity index (χ1) is 14.0. The quantitative estimate of drug-likeness (QED) is 0.318. The first-order valence-electron chi connectivity index (χ1n) is 8.78. The first kappa shape index (κ1) is 22.6. The maximum absolute atomic E-state index is 12.1. The monoisotopic (exact) mass is 416 g/mol. The maximum Gasteiger partial charge on any atom is 0.339 e. The molecule has 9 nitrogen and oxygen atoms in total. The molecule has 0 saturated carbocycles. The Morgan fingerprint density at radius 3 is 1.97 bits per heavy atom. The molecular formula is C21H20O9. The minimum atomic E-state index is -1.49. The predicted octanol–water partition coefficient (Wildman–Crippen LogP) is 2.27. The standard InChI is InChI=1S/C21H20O9/c1-21(2,28)17(22)12-3-6-14(7-4-12)29-9-10-30-20(27)15-8-5-13(18(23)24)11-16(15)19(25)26/h3-8,11,28H,9-10H2,1-2H3,(H,23,24)(H,25,26). The number of aromatic carboxylic acids is 2. The molecule has 0 aliphatic carbocycles. The lowest BCUT2D eigenvalue weighted by Gasteiger charge is -2.15. The number of rotatable bonds is 9. The zero-order valence-electron chi connectivity index (χ0n) is 16.2. The number of benzene rings is 2. The van der Waals surface area contributed by atoms with Crippen LogP contribution in [0.4, 0.5) is 0 Å². The van der Waals surface area contributed by atoms with Crippen LogP contribution >= 0.6 is 0 Å². The van der Waals surface area contributed by atoms with Crippen molar-refractivity contribution in [3.8, 4) is 5.75 Å². The smallest absolute Gasteiger partial charge is 0.339 e. The summed E-state index contributed by atoms with van der Waals surface area (Å²) in [7, 11) is 0. The number of esters is 1. The van der Waals surface area contributed by atoms with Crippen molar-refractivity contribution in [2.75, 3.05) is 13.2 Å². The number of ether oxygens (including phenoxy) is 2. The van der Waals surface area contributed by atoms with Gasteiger partial charge in [-0.05, 0) is 56.3 Å². The van der Waals surface area contributed by atoms with Crippen molar-refractivity contribution in [3.63, 3.8) is 0 Å². The average Bonchev–Trinajstić information content (AvgIpc) is 2.69. The summed E-state index contributed by atoms with van der Waals surface area (Å²) >= 11 is 0. The molecule has 30 heavy (non-hydrogen) atoms. The summed E-state index contributed by atoms with van der Waals surface area (Å²) in [4.78, 5) is 46.3. The highest BCUT2D eigenvalue weighted by atomic mass is 16.6. The summed E-state index contributed by atoms with van der Waals surface area (Å²) in [6.45, 7) is 2.54. The Morgan fingerprint density at radius 2 is 1.43 bits per heavy atom. The zero-order chi connectivity index (χ0) is 22.5. The fourth-order valence-corrected chi connectivity index (χ4v) is 2.46. The van der Waals surface area contributed by atoms with E-state index >= 15 is 0 Å². The predicted molar refractivity (Wildman–Crippen MR) is 103 cm³/mol. The van der Waals surface area contributed by atoms with Gasteiger partial charge in [0, 0.05) is 5.56 Å². The Balaban J connectivity index is 1.93. The molecule has 0 aliphatic rings. The van der Waals surface area contributed by atoms with E-state index in [9.17, 15) is 29.4 Å². The molecule has 0 aromatic heterocycles. The molecule has 0 radical (unpaired) electrons.